The Hall–Kier alpha value is -2.97. The number of piperazine rings is 1. The van der Waals surface area contributed by atoms with E-state index in [1.807, 2.05) is 18.7 Å². The van der Waals surface area contributed by atoms with E-state index in [4.69, 9.17) is 4.42 Å². The molecule has 1 aromatic heterocycles. The number of carbonyl (C=O) groups excluding carboxylic acids is 2. The first-order valence-electron chi connectivity index (χ1n) is 9.72. The first-order chi connectivity index (χ1) is 14.2. The average Bonchev–Trinajstić information content (AvgIpc) is 3.26. The van der Waals surface area contributed by atoms with E-state index < -0.39 is 23.7 Å². The summed E-state index contributed by atoms with van der Waals surface area (Å²) >= 11 is 0. The van der Waals surface area contributed by atoms with Crippen LogP contribution in [0.1, 0.15) is 30.0 Å². The number of hydrogen-bond acceptors (Lipinski definition) is 4. The van der Waals surface area contributed by atoms with Gasteiger partial charge in [-0.3, -0.25) is 9.59 Å². The highest BCUT2D eigenvalue weighted by molar-refractivity contribution is 5.95. The Balaban J connectivity index is 1.63. The summed E-state index contributed by atoms with van der Waals surface area (Å²) in [5, 5.41) is 2.72. The molecule has 3 rings (SSSR count). The van der Waals surface area contributed by atoms with Crippen molar-refractivity contribution in [3.63, 3.8) is 0 Å². The maximum atomic E-state index is 13.0. The Bertz CT molecular complexity index is 873. The van der Waals surface area contributed by atoms with Crippen LogP contribution in [0.3, 0.4) is 0 Å². The van der Waals surface area contributed by atoms with Gasteiger partial charge in [-0.2, -0.15) is 13.2 Å². The molecule has 1 aliphatic rings. The summed E-state index contributed by atoms with van der Waals surface area (Å²) in [5.74, 6) is -0.691. The Morgan fingerprint density at radius 2 is 1.77 bits per heavy atom. The minimum Gasteiger partial charge on any atom is -0.459 e. The fraction of sp³-hybridized carbons (Fsp3) is 0.429. The quantitative estimate of drug-likeness (QED) is 0.801. The van der Waals surface area contributed by atoms with Gasteiger partial charge in [0.1, 0.15) is 6.04 Å². The van der Waals surface area contributed by atoms with Gasteiger partial charge < -0.3 is 19.5 Å². The number of carbonyl (C=O) groups is 2. The Morgan fingerprint density at radius 1 is 1.07 bits per heavy atom. The van der Waals surface area contributed by atoms with Crippen LogP contribution in [-0.4, -0.2) is 48.9 Å². The molecule has 2 amide bonds. The number of furan rings is 1. The van der Waals surface area contributed by atoms with Crippen molar-refractivity contribution in [1.82, 2.24) is 10.2 Å². The minimum atomic E-state index is -4.40. The van der Waals surface area contributed by atoms with Gasteiger partial charge >= 0.3 is 6.18 Å². The van der Waals surface area contributed by atoms with Crippen molar-refractivity contribution < 1.29 is 27.2 Å². The average molecular weight is 423 g/mol. The van der Waals surface area contributed by atoms with Gasteiger partial charge in [0.2, 0.25) is 5.91 Å². The van der Waals surface area contributed by atoms with Crippen molar-refractivity contribution in [2.75, 3.05) is 31.1 Å². The summed E-state index contributed by atoms with van der Waals surface area (Å²) in [6.45, 7) is 5.20. The molecule has 1 atom stereocenters. The third kappa shape index (κ3) is 4.95. The molecule has 1 N–H and O–H groups in total. The molecule has 2 aromatic rings. The highest BCUT2D eigenvalue weighted by Crippen LogP contribution is 2.32. The molecule has 0 unspecified atom stereocenters. The van der Waals surface area contributed by atoms with Crippen LogP contribution >= 0.6 is 0 Å². The lowest BCUT2D eigenvalue weighted by atomic mass is 10.0. The van der Waals surface area contributed by atoms with E-state index in [0.29, 0.717) is 31.9 Å². The van der Waals surface area contributed by atoms with Crippen LogP contribution in [0.2, 0.25) is 0 Å². The van der Waals surface area contributed by atoms with E-state index in [0.717, 1.165) is 12.1 Å². The number of nitrogens with zero attached hydrogens (tertiary/aromatic N) is 2. The first kappa shape index (κ1) is 21.7. The van der Waals surface area contributed by atoms with Gasteiger partial charge in [-0.15, -0.1) is 0 Å². The van der Waals surface area contributed by atoms with Crippen molar-refractivity contribution in [1.29, 1.82) is 0 Å². The topological polar surface area (TPSA) is 65.8 Å². The zero-order valence-corrected chi connectivity index (χ0v) is 16.8. The lowest BCUT2D eigenvalue weighted by Crippen LogP contribution is -2.56. The van der Waals surface area contributed by atoms with Crippen molar-refractivity contribution in [3.8, 4) is 0 Å². The number of hydrogen-bond donors (Lipinski definition) is 1. The molecule has 30 heavy (non-hydrogen) atoms. The number of alkyl halides is 3. The van der Waals surface area contributed by atoms with Crippen molar-refractivity contribution in [3.05, 3.63) is 54.0 Å². The number of rotatable bonds is 5. The summed E-state index contributed by atoms with van der Waals surface area (Å²) in [6.07, 6.45) is -3.02. The number of anilines is 1. The van der Waals surface area contributed by atoms with Crippen molar-refractivity contribution >= 4 is 17.5 Å². The summed E-state index contributed by atoms with van der Waals surface area (Å²) in [6, 6.07) is 7.57. The van der Waals surface area contributed by atoms with Crippen LogP contribution in [0.4, 0.5) is 18.9 Å². The predicted octanol–water partition coefficient (Wildman–Crippen LogP) is 3.40. The molecule has 2 heterocycles. The number of amides is 2. The first-order valence-corrected chi connectivity index (χ1v) is 9.72. The van der Waals surface area contributed by atoms with Crippen LogP contribution in [0.25, 0.3) is 0 Å². The second-order valence-corrected chi connectivity index (χ2v) is 7.53. The summed E-state index contributed by atoms with van der Waals surface area (Å²) in [7, 11) is 0. The van der Waals surface area contributed by atoms with Crippen LogP contribution in [0, 0.1) is 5.92 Å². The van der Waals surface area contributed by atoms with E-state index in [9.17, 15) is 22.8 Å². The van der Waals surface area contributed by atoms with Gasteiger partial charge in [0.15, 0.2) is 5.76 Å². The SMILES string of the molecule is CC(C)[C@H](NC(=O)c1ccco1)C(=O)N1CCN(c2cccc(C(F)(F)F)c2)CC1. The number of halogens is 3. The maximum absolute atomic E-state index is 13.0. The smallest absolute Gasteiger partial charge is 0.416 e. The van der Waals surface area contributed by atoms with Crippen LogP contribution < -0.4 is 10.2 Å². The molecule has 1 aromatic carbocycles. The summed E-state index contributed by atoms with van der Waals surface area (Å²) in [4.78, 5) is 28.7. The molecular formula is C21H24F3N3O3. The summed E-state index contributed by atoms with van der Waals surface area (Å²) in [5.41, 5.74) is -0.220. The van der Waals surface area contributed by atoms with E-state index in [1.54, 1.807) is 17.0 Å². The molecule has 0 saturated carbocycles. The molecule has 1 fully saturated rings. The Morgan fingerprint density at radius 3 is 2.33 bits per heavy atom. The lowest BCUT2D eigenvalue weighted by molar-refractivity contribution is -0.137. The summed E-state index contributed by atoms with van der Waals surface area (Å²) < 4.78 is 44.0. The van der Waals surface area contributed by atoms with Gasteiger partial charge in [-0.25, -0.2) is 0 Å². The highest BCUT2D eigenvalue weighted by atomic mass is 19.4. The largest absolute Gasteiger partial charge is 0.459 e. The van der Waals surface area contributed by atoms with Crippen LogP contribution in [-0.2, 0) is 11.0 Å². The van der Waals surface area contributed by atoms with E-state index in [-0.39, 0.29) is 17.6 Å². The third-order valence-electron chi connectivity index (χ3n) is 5.09. The van der Waals surface area contributed by atoms with Crippen molar-refractivity contribution in [2.24, 2.45) is 5.92 Å². The molecule has 0 aliphatic carbocycles. The van der Waals surface area contributed by atoms with Gasteiger partial charge in [-0.05, 0) is 36.2 Å². The lowest BCUT2D eigenvalue weighted by Gasteiger charge is -2.38. The monoisotopic (exact) mass is 423 g/mol. The van der Waals surface area contributed by atoms with Crippen molar-refractivity contribution in [2.45, 2.75) is 26.1 Å². The molecule has 162 valence electrons. The molecule has 1 aliphatic heterocycles. The van der Waals surface area contributed by atoms with E-state index >= 15 is 0 Å². The molecule has 6 nitrogen and oxygen atoms in total. The zero-order valence-electron chi connectivity index (χ0n) is 16.8. The highest BCUT2D eigenvalue weighted by Gasteiger charge is 2.33. The molecule has 0 bridgehead atoms. The predicted molar refractivity (Wildman–Crippen MR) is 105 cm³/mol. The fourth-order valence-corrected chi connectivity index (χ4v) is 3.39. The van der Waals surface area contributed by atoms with E-state index in [1.165, 1.54) is 18.4 Å². The van der Waals surface area contributed by atoms with Gasteiger partial charge in [0, 0.05) is 31.9 Å². The standard InChI is InChI=1S/C21H24F3N3O3/c1-14(2)18(25-19(28)17-7-4-12-30-17)20(29)27-10-8-26(9-11-27)16-6-3-5-15(13-16)21(22,23)24/h3-7,12-14,18H,8-11H2,1-2H3,(H,25,28)/t18-/m0/s1. The van der Waals surface area contributed by atoms with Gasteiger partial charge in [0.25, 0.3) is 5.91 Å². The van der Waals surface area contributed by atoms with Gasteiger partial charge in [-0.1, -0.05) is 19.9 Å². The van der Waals surface area contributed by atoms with Crippen LogP contribution in [0.15, 0.2) is 47.1 Å². The Labute approximate surface area is 172 Å². The minimum absolute atomic E-state index is 0.128. The molecule has 0 radical (unpaired) electrons. The van der Waals surface area contributed by atoms with E-state index in [2.05, 4.69) is 5.32 Å². The molecule has 1 saturated heterocycles. The zero-order chi connectivity index (χ0) is 21.9. The number of benzene rings is 1. The Kier molecular flexibility index (Phi) is 6.38. The second kappa shape index (κ2) is 8.81. The maximum Gasteiger partial charge on any atom is 0.416 e. The molecule has 9 heteroatoms. The normalized spacial score (nSPS) is 15.9. The van der Waals surface area contributed by atoms with Crippen LogP contribution in [0.5, 0.6) is 0 Å². The second-order valence-electron chi connectivity index (χ2n) is 7.53. The third-order valence-corrected chi connectivity index (χ3v) is 5.09. The molecule has 0 spiro atoms. The number of nitrogens with one attached hydrogen (secondary N) is 1. The van der Waals surface area contributed by atoms with Gasteiger partial charge in [0.05, 0.1) is 11.8 Å². The molecular weight excluding hydrogens is 399 g/mol. The fourth-order valence-electron chi connectivity index (χ4n) is 3.39.